The molecule has 1 N–H and O–H groups in total. The van der Waals surface area contributed by atoms with Crippen LogP contribution in [0.2, 0.25) is 5.02 Å². The van der Waals surface area contributed by atoms with E-state index in [4.69, 9.17) is 26.3 Å². The van der Waals surface area contributed by atoms with Crippen LogP contribution >= 0.6 is 11.6 Å². The second-order valence-corrected chi connectivity index (χ2v) is 11.6. The lowest BCUT2D eigenvalue weighted by atomic mass is 9.83. The molecular formula is C30H35ClN6O2. The molecule has 0 spiro atoms. The van der Waals surface area contributed by atoms with Gasteiger partial charge in [-0.1, -0.05) is 29.8 Å². The summed E-state index contributed by atoms with van der Waals surface area (Å²) in [6.07, 6.45) is 13.4. The number of halogens is 1. The zero-order valence-corrected chi connectivity index (χ0v) is 23.5. The molecule has 0 bridgehead atoms. The summed E-state index contributed by atoms with van der Waals surface area (Å²) in [5.41, 5.74) is 4.20. The summed E-state index contributed by atoms with van der Waals surface area (Å²) in [4.78, 5) is 30.9. The Balaban J connectivity index is 1.23. The molecule has 3 heterocycles. The predicted molar refractivity (Wildman–Crippen MR) is 152 cm³/mol. The van der Waals surface area contributed by atoms with Gasteiger partial charge < -0.3 is 10.1 Å². The molecule has 1 saturated carbocycles. The number of hydrogen-bond donors (Lipinski definition) is 1. The van der Waals surface area contributed by atoms with Gasteiger partial charge in [-0.3, -0.25) is 9.38 Å². The highest BCUT2D eigenvalue weighted by Gasteiger charge is 2.26. The van der Waals surface area contributed by atoms with Gasteiger partial charge >= 0.3 is 6.09 Å². The fraction of sp³-hybridized carbons (Fsp3) is 0.433. The van der Waals surface area contributed by atoms with Gasteiger partial charge in [0.1, 0.15) is 11.4 Å². The number of benzene rings is 1. The molecule has 39 heavy (non-hydrogen) atoms. The molecule has 4 aromatic rings. The second-order valence-electron chi connectivity index (χ2n) is 11.2. The summed E-state index contributed by atoms with van der Waals surface area (Å²) in [7, 11) is 0. The minimum Gasteiger partial charge on any atom is -0.444 e. The molecule has 3 aromatic heterocycles. The number of hydrogen-bond acceptors (Lipinski definition) is 6. The number of nitrogens with zero attached hydrogens (tertiary/aromatic N) is 5. The van der Waals surface area contributed by atoms with Crippen LogP contribution in [0.1, 0.15) is 63.5 Å². The van der Waals surface area contributed by atoms with Crippen LogP contribution in [0.5, 0.6) is 0 Å². The largest absolute Gasteiger partial charge is 0.444 e. The van der Waals surface area contributed by atoms with Crippen molar-refractivity contribution >= 4 is 23.3 Å². The minimum absolute atomic E-state index is 0.155. The summed E-state index contributed by atoms with van der Waals surface area (Å²) >= 11 is 6.32. The van der Waals surface area contributed by atoms with E-state index in [-0.39, 0.29) is 12.1 Å². The Morgan fingerprint density at radius 2 is 1.85 bits per heavy atom. The quantitative estimate of drug-likeness (QED) is 0.294. The van der Waals surface area contributed by atoms with Crippen molar-refractivity contribution in [3.8, 4) is 11.4 Å². The Bertz CT molecular complexity index is 1440. The highest BCUT2D eigenvalue weighted by atomic mass is 35.5. The average molecular weight is 547 g/mol. The maximum atomic E-state index is 12.1. The maximum absolute atomic E-state index is 12.1. The number of amides is 1. The molecule has 0 aliphatic heterocycles. The van der Waals surface area contributed by atoms with Gasteiger partial charge in [0.05, 0.1) is 23.3 Å². The number of ether oxygens (including phenoxy) is 1. The smallest absolute Gasteiger partial charge is 0.407 e. The fourth-order valence-corrected chi connectivity index (χ4v) is 5.41. The minimum atomic E-state index is -0.488. The third-order valence-electron chi connectivity index (χ3n) is 7.09. The molecule has 8 nitrogen and oxygen atoms in total. The van der Waals surface area contributed by atoms with E-state index in [9.17, 15) is 4.79 Å². The average Bonchev–Trinajstić information content (AvgIpc) is 3.34. The molecule has 1 amide bonds. The second kappa shape index (κ2) is 11.7. The topological polar surface area (TPSA) is 94.3 Å². The number of aryl methyl sites for hydroxylation is 2. The van der Waals surface area contributed by atoms with Crippen molar-refractivity contribution in [2.24, 2.45) is 5.92 Å². The first-order valence-corrected chi connectivity index (χ1v) is 14.0. The number of nitrogens with one attached hydrogen (secondary N) is 1. The van der Waals surface area contributed by atoms with Gasteiger partial charge in [0, 0.05) is 36.1 Å². The number of alkyl carbamates (subject to hydrolysis) is 1. The van der Waals surface area contributed by atoms with Crippen molar-refractivity contribution in [1.29, 1.82) is 0 Å². The SMILES string of the molecule is CC(C)(C)OC(=O)NC1CCC(Cc2nccn3c(-c4ccnc(CCc5ccccc5Cl)n4)cnc23)CC1. The van der Waals surface area contributed by atoms with E-state index in [1.54, 1.807) is 6.20 Å². The number of carbonyl (C=O) groups is 1. The van der Waals surface area contributed by atoms with Gasteiger partial charge in [0.15, 0.2) is 5.65 Å². The normalized spacial score (nSPS) is 17.7. The number of imidazole rings is 1. The summed E-state index contributed by atoms with van der Waals surface area (Å²) < 4.78 is 7.48. The molecule has 0 saturated heterocycles. The van der Waals surface area contributed by atoms with Gasteiger partial charge in [0.2, 0.25) is 0 Å². The van der Waals surface area contributed by atoms with Crippen molar-refractivity contribution in [3.05, 3.63) is 77.2 Å². The van der Waals surface area contributed by atoms with Crippen molar-refractivity contribution in [2.75, 3.05) is 0 Å². The predicted octanol–water partition coefficient (Wildman–Crippen LogP) is 6.25. The van der Waals surface area contributed by atoms with Crippen molar-refractivity contribution in [3.63, 3.8) is 0 Å². The molecule has 1 fully saturated rings. The highest BCUT2D eigenvalue weighted by Crippen LogP contribution is 2.29. The summed E-state index contributed by atoms with van der Waals surface area (Å²) in [6.45, 7) is 5.64. The van der Waals surface area contributed by atoms with E-state index < -0.39 is 5.60 Å². The van der Waals surface area contributed by atoms with E-state index in [0.717, 1.165) is 77.7 Å². The van der Waals surface area contributed by atoms with Gasteiger partial charge in [-0.05, 0) is 82.9 Å². The third kappa shape index (κ3) is 6.92. The molecule has 0 atom stereocenters. The molecule has 0 radical (unpaired) electrons. The van der Waals surface area contributed by atoms with Crippen molar-refractivity contribution < 1.29 is 9.53 Å². The zero-order valence-electron chi connectivity index (χ0n) is 22.7. The summed E-state index contributed by atoms with van der Waals surface area (Å²) in [6, 6.07) is 9.95. The number of carbonyl (C=O) groups excluding carboxylic acids is 1. The molecule has 5 rings (SSSR count). The van der Waals surface area contributed by atoms with Crippen LogP contribution in [0.4, 0.5) is 4.79 Å². The first-order chi connectivity index (χ1) is 18.7. The van der Waals surface area contributed by atoms with E-state index in [2.05, 4.69) is 19.7 Å². The van der Waals surface area contributed by atoms with Crippen molar-refractivity contribution in [1.82, 2.24) is 29.7 Å². The lowest BCUT2D eigenvalue weighted by molar-refractivity contribution is 0.0487. The fourth-order valence-electron chi connectivity index (χ4n) is 5.17. The van der Waals surface area contributed by atoms with Crippen LogP contribution in [-0.2, 0) is 24.0 Å². The van der Waals surface area contributed by atoms with E-state index in [1.807, 2.05) is 69.7 Å². The number of rotatable bonds is 7. The van der Waals surface area contributed by atoms with E-state index in [0.29, 0.717) is 12.3 Å². The standard InChI is InChI=1S/C30H35ClN6O2/c1-30(2,3)39-29(38)35-22-11-8-20(9-12-22)18-25-28-34-19-26(37(28)17-16-32-25)24-14-15-33-27(36-24)13-10-21-6-4-5-7-23(21)31/h4-7,14-17,19-20,22H,8-13,18H2,1-3H3,(H,35,38). The summed E-state index contributed by atoms with van der Waals surface area (Å²) in [5.74, 6) is 1.27. The van der Waals surface area contributed by atoms with Crippen LogP contribution in [0.3, 0.4) is 0 Å². The highest BCUT2D eigenvalue weighted by molar-refractivity contribution is 6.31. The monoisotopic (exact) mass is 546 g/mol. The Morgan fingerprint density at radius 3 is 2.62 bits per heavy atom. The molecule has 204 valence electrons. The molecule has 0 unspecified atom stereocenters. The molecule has 9 heteroatoms. The van der Waals surface area contributed by atoms with Crippen LogP contribution in [-0.4, -0.2) is 42.1 Å². The van der Waals surface area contributed by atoms with Gasteiger partial charge in [-0.2, -0.15) is 0 Å². The van der Waals surface area contributed by atoms with Crippen LogP contribution in [0.25, 0.3) is 17.0 Å². The Morgan fingerprint density at radius 1 is 1.05 bits per heavy atom. The zero-order chi connectivity index (χ0) is 27.4. The number of fused-ring (bicyclic) bond motifs is 1. The lowest BCUT2D eigenvalue weighted by Gasteiger charge is -2.30. The first kappa shape index (κ1) is 27.1. The lowest BCUT2D eigenvalue weighted by Crippen LogP contribution is -2.41. The maximum Gasteiger partial charge on any atom is 0.407 e. The molecular weight excluding hydrogens is 512 g/mol. The Kier molecular flexibility index (Phi) is 8.12. The molecule has 1 aliphatic carbocycles. The van der Waals surface area contributed by atoms with Gasteiger partial charge in [-0.15, -0.1) is 0 Å². The van der Waals surface area contributed by atoms with Crippen LogP contribution in [0.15, 0.2) is 55.1 Å². The third-order valence-corrected chi connectivity index (χ3v) is 7.46. The van der Waals surface area contributed by atoms with Crippen molar-refractivity contribution in [2.45, 2.75) is 77.4 Å². The first-order valence-electron chi connectivity index (χ1n) is 13.6. The summed E-state index contributed by atoms with van der Waals surface area (Å²) in [5, 5.41) is 3.79. The van der Waals surface area contributed by atoms with E-state index >= 15 is 0 Å². The van der Waals surface area contributed by atoms with Crippen LogP contribution < -0.4 is 5.32 Å². The molecule has 1 aromatic carbocycles. The van der Waals surface area contributed by atoms with Gasteiger partial charge in [0.25, 0.3) is 0 Å². The molecule has 1 aliphatic rings. The van der Waals surface area contributed by atoms with Gasteiger partial charge in [-0.25, -0.2) is 19.7 Å². The Hall–Kier alpha value is -3.52. The van der Waals surface area contributed by atoms with E-state index in [1.165, 1.54) is 0 Å². The number of aromatic nitrogens is 5. The van der Waals surface area contributed by atoms with Crippen LogP contribution in [0, 0.1) is 5.92 Å². The Labute approximate surface area is 234 Å².